The van der Waals surface area contributed by atoms with Gasteiger partial charge in [-0.2, -0.15) is 5.10 Å². The van der Waals surface area contributed by atoms with Gasteiger partial charge in [0, 0.05) is 18.3 Å². The number of benzene rings is 2. The fourth-order valence-electron chi connectivity index (χ4n) is 3.03. The number of nitrogens with zero attached hydrogens (tertiary/aromatic N) is 2. The monoisotopic (exact) mass is 347 g/mol. The van der Waals surface area contributed by atoms with Gasteiger partial charge in [0.2, 0.25) is 0 Å². The van der Waals surface area contributed by atoms with Gasteiger partial charge >= 0.3 is 0 Å². The molecule has 26 heavy (non-hydrogen) atoms. The molecule has 1 N–H and O–H groups in total. The topological polar surface area (TPSA) is 46.9 Å². The first-order chi connectivity index (χ1) is 12.6. The molecule has 1 amide bonds. The van der Waals surface area contributed by atoms with E-state index in [9.17, 15) is 4.79 Å². The van der Waals surface area contributed by atoms with E-state index < -0.39 is 0 Å². The van der Waals surface area contributed by atoms with Crippen LogP contribution >= 0.6 is 0 Å². The van der Waals surface area contributed by atoms with Crippen LogP contribution in [0.25, 0.3) is 5.69 Å². The van der Waals surface area contributed by atoms with Crippen LogP contribution in [0.15, 0.2) is 54.7 Å². The molecule has 1 aromatic heterocycles. The van der Waals surface area contributed by atoms with Gasteiger partial charge in [0.25, 0.3) is 5.91 Å². The van der Waals surface area contributed by atoms with Gasteiger partial charge in [-0.15, -0.1) is 0 Å². The Bertz CT molecular complexity index is 897. The maximum Gasteiger partial charge on any atom is 0.251 e. The maximum atomic E-state index is 12.4. The number of aryl methyl sites for hydroxylation is 3. The number of para-hydroxylation sites is 1. The molecule has 0 radical (unpaired) electrons. The minimum absolute atomic E-state index is 0.00269. The Morgan fingerprint density at radius 2 is 1.81 bits per heavy atom. The van der Waals surface area contributed by atoms with Crippen molar-refractivity contribution in [3.8, 4) is 5.69 Å². The second kappa shape index (κ2) is 8.00. The summed E-state index contributed by atoms with van der Waals surface area (Å²) >= 11 is 0. The van der Waals surface area contributed by atoms with Crippen molar-refractivity contribution in [1.29, 1.82) is 0 Å². The summed E-state index contributed by atoms with van der Waals surface area (Å²) in [5.74, 6) is 0.00269. The highest BCUT2D eigenvalue weighted by atomic mass is 16.1. The standard InChI is InChI=1S/C22H25N3O/c1-16-9-7-13-21(17(16)2)22(26)23-14-8-10-19-15-25(24-18(19)3)20-11-5-4-6-12-20/h4-7,9,11-13,15H,8,10,14H2,1-3H3,(H,23,26). The van der Waals surface area contributed by atoms with Crippen molar-refractivity contribution in [2.24, 2.45) is 0 Å². The van der Waals surface area contributed by atoms with Crippen LogP contribution in [0.3, 0.4) is 0 Å². The molecule has 0 spiro atoms. The highest BCUT2D eigenvalue weighted by Gasteiger charge is 2.10. The first kappa shape index (κ1) is 17.9. The predicted octanol–water partition coefficient (Wildman–Crippen LogP) is 4.16. The summed E-state index contributed by atoms with van der Waals surface area (Å²) in [5, 5.41) is 7.62. The zero-order chi connectivity index (χ0) is 18.5. The van der Waals surface area contributed by atoms with E-state index in [1.54, 1.807) is 0 Å². The average molecular weight is 347 g/mol. The molecule has 0 aliphatic rings. The molecule has 4 heteroatoms. The van der Waals surface area contributed by atoms with Gasteiger partial charge in [0.05, 0.1) is 11.4 Å². The summed E-state index contributed by atoms with van der Waals surface area (Å²) < 4.78 is 1.92. The summed E-state index contributed by atoms with van der Waals surface area (Å²) in [6.45, 7) is 6.70. The molecule has 0 fully saturated rings. The van der Waals surface area contributed by atoms with Crippen molar-refractivity contribution in [3.63, 3.8) is 0 Å². The Morgan fingerprint density at radius 3 is 2.58 bits per heavy atom. The van der Waals surface area contributed by atoms with Crippen molar-refractivity contribution >= 4 is 5.91 Å². The van der Waals surface area contributed by atoms with Crippen molar-refractivity contribution in [1.82, 2.24) is 15.1 Å². The average Bonchev–Trinajstić information content (AvgIpc) is 3.02. The van der Waals surface area contributed by atoms with Crippen LogP contribution in [0.5, 0.6) is 0 Å². The molecule has 0 saturated carbocycles. The Balaban J connectivity index is 1.55. The number of carbonyl (C=O) groups is 1. The Labute approximate surface area is 154 Å². The molecule has 0 bridgehead atoms. The van der Waals surface area contributed by atoms with Crippen LogP contribution in [0, 0.1) is 20.8 Å². The van der Waals surface area contributed by atoms with Gasteiger partial charge in [-0.3, -0.25) is 4.79 Å². The van der Waals surface area contributed by atoms with Gasteiger partial charge in [-0.1, -0.05) is 30.3 Å². The van der Waals surface area contributed by atoms with Crippen molar-refractivity contribution < 1.29 is 4.79 Å². The third kappa shape index (κ3) is 4.02. The van der Waals surface area contributed by atoms with E-state index in [1.807, 2.05) is 74.0 Å². The van der Waals surface area contributed by atoms with E-state index in [0.29, 0.717) is 6.54 Å². The summed E-state index contributed by atoms with van der Waals surface area (Å²) in [7, 11) is 0. The summed E-state index contributed by atoms with van der Waals surface area (Å²) in [6.07, 6.45) is 3.86. The van der Waals surface area contributed by atoms with Crippen molar-refractivity contribution in [3.05, 3.63) is 82.7 Å². The van der Waals surface area contributed by atoms with Gasteiger partial charge in [-0.25, -0.2) is 4.68 Å². The second-order valence-corrected chi connectivity index (χ2v) is 6.63. The molecular formula is C22H25N3O. The largest absolute Gasteiger partial charge is 0.352 e. The van der Waals surface area contributed by atoms with E-state index >= 15 is 0 Å². The van der Waals surface area contributed by atoms with E-state index in [1.165, 1.54) is 5.56 Å². The Kier molecular flexibility index (Phi) is 5.52. The third-order valence-corrected chi connectivity index (χ3v) is 4.78. The lowest BCUT2D eigenvalue weighted by atomic mass is 10.0. The molecule has 0 saturated heterocycles. The normalized spacial score (nSPS) is 10.7. The van der Waals surface area contributed by atoms with Gasteiger partial charge in [0.1, 0.15) is 0 Å². The molecule has 1 heterocycles. The molecule has 3 aromatic rings. The van der Waals surface area contributed by atoms with Gasteiger partial charge in [-0.05, 0) is 68.5 Å². The number of hydrogen-bond acceptors (Lipinski definition) is 2. The molecule has 4 nitrogen and oxygen atoms in total. The lowest BCUT2D eigenvalue weighted by Crippen LogP contribution is -2.25. The summed E-state index contributed by atoms with van der Waals surface area (Å²) in [5.41, 5.74) is 6.26. The van der Waals surface area contributed by atoms with Gasteiger partial charge < -0.3 is 5.32 Å². The lowest BCUT2D eigenvalue weighted by molar-refractivity contribution is 0.0952. The number of aromatic nitrogens is 2. The Hall–Kier alpha value is -2.88. The van der Waals surface area contributed by atoms with Crippen LogP contribution in [0.2, 0.25) is 0 Å². The van der Waals surface area contributed by atoms with Crippen LogP contribution in [-0.2, 0) is 6.42 Å². The minimum Gasteiger partial charge on any atom is -0.352 e. The van der Waals surface area contributed by atoms with E-state index in [0.717, 1.165) is 40.9 Å². The van der Waals surface area contributed by atoms with Gasteiger partial charge in [0.15, 0.2) is 0 Å². The van der Waals surface area contributed by atoms with Crippen LogP contribution < -0.4 is 5.32 Å². The lowest BCUT2D eigenvalue weighted by Gasteiger charge is -2.09. The molecule has 0 aliphatic heterocycles. The predicted molar refractivity (Wildman–Crippen MR) is 105 cm³/mol. The van der Waals surface area contributed by atoms with Crippen LogP contribution in [-0.4, -0.2) is 22.2 Å². The van der Waals surface area contributed by atoms with E-state index in [-0.39, 0.29) is 5.91 Å². The summed E-state index contributed by atoms with van der Waals surface area (Å²) in [6, 6.07) is 15.9. The fourth-order valence-corrected chi connectivity index (χ4v) is 3.03. The molecular weight excluding hydrogens is 322 g/mol. The Morgan fingerprint density at radius 1 is 1.04 bits per heavy atom. The second-order valence-electron chi connectivity index (χ2n) is 6.63. The highest BCUT2D eigenvalue weighted by Crippen LogP contribution is 2.14. The quantitative estimate of drug-likeness (QED) is 0.681. The number of carbonyl (C=O) groups excluding carboxylic acids is 1. The SMILES string of the molecule is Cc1cccc(C(=O)NCCCc2cn(-c3ccccc3)nc2C)c1C. The maximum absolute atomic E-state index is 12.4. The van der Waals surface area contributed by atoms with Crippen LogP contribution in [0.4, 0.5) is 0 Å². The minimum atomic E-state index is 0.00269. The smallest absolute Gasteiger partial charge is 0.251 e. The van der Waals surface area contributed by atoms with Crippen molar-refractivity contribution in [2.45, 2.75) is 33.6 Å². The number of nitrogens with one attached hydrogen (secondary N) is 1. The first-order valence-electron chi connectivity index (χ1n) is 9.01. The molecule has 3 rings (SSSR count). The summed E-state index contributed by atoms with van der Waals surface area (Å²) in [4.78, 5) is 12.4. The van der Waals surface area contributed by atoms with E-state index in [2.05, 4.69) is 16.6 Å². The first-order valence-corrected chi connectivity index (χ1v) is 9.01. The van der Waals surface area contributed by atoms with Crippen molar-refractivity contribution in [2.75, 3.05) is 6.54 Å². The number of hydrogen-bond donors (Lipinski definition) is 1. The molecule has 134 valence electrons. The van der Waals surface area contributed by atoms with Crippen LogP contribution in [0.1, 0.15) is 39.2 Å². The number of rotatable bonds is 6. The van der Waals surface area contributed by atoms with E-state index in [4.69, 9.17) is 0 Å². The molecule has 0 unspecified atom stereocenters. The molecule has 0 atom stereocenters. The molecule has 2 aromatic carbocycles. The zero-order valence-corrected chi connectivity index (χ0v) is 15.6. The number of amides is 1. The molecule has 0 aliphatic carbocycles. The zero-order valence-electron chi connectivity index (χ0n) is 15.6. The third-order valence-electron chi connectivity index (χ3n) is 4.78. The fraction of sp³-hybridized carbons (Fsp3) is 0.273. The highest BCUT2D eigenvalue weighted by molar-refractivity contribution is 5.95.